The third-order valence-electron chi connectivity index (χ3n) is 3.35. The summed E-state index contributed by atoms with van der Waals surface area (Å²) in [5.41, 5.74) is 0. The summed E-state index contributed by atoms with van der Waals surface area (Å²) in [6, 6.07) is 0. The summed E-state index contributed by atoms with van der Waals surface area (Å²) in [6.45, 7) is 2.14. The Bertz CT molecular complexity index is 517. The second-order valence-electron chi connectivity index (χ2n) is 5.19. The maximum absolute atomic E-state index is 11.5. The summed E-state index contributed by atoms with van der Waals surface area (Å²) in [7, 11) is 1.46. The monoisotopic (exact) mass is 334 g/mol. The third kappa shape index (κ3) is 8.91. The molecule has 0 saturated heterocycles. The van der Waals surface area contributed by atoms with Crippen LogP contribution in [-0.4, -0.2) is 58.9 Å². The first kappa shape index (κ1) is 19.7. The normalized spacial score (nSPS) is 11.4. The highest BCUT2D eigenvalue weighted by Gasteiger charge is 2.13. The second-order valence-corrected chi connectivity index (χ2v) is 5.19. The molecule has 1 amide bonds. The van der Waals surface area contributed by atoms with Gasteiger partial charge in [0, 0.05) is 18.9 Å². The molecule has 1 unspecified atom stereocenters. The number of alkyl carbamates (subject to hydrolysis) is 1. The van der Waals surface area contributed by atoms with E-state index >= 15 is 0 Å². The molecule has 1 atom stereocenters. The van der Waals surface area contributed by atoms with Gasteiger partial charge in [0.15, 0.2) is 19.4 Å². The number of nitrogens with one attached hydrogen (secondary N) is 1. The number of carbonyl (C=O) groups is 3. The van der Waals surface area contributed by atoms with Crippen molar-refractivity contribution in [1.29, 1.82) is 0 Å². The number of Topliss-reactive ketones (excluding diaryl/α,β-unsaturated/α-hetero) is 1. The molecule has 129 valence electrons. The van der Waals surface area contributed by atoms with Gasteiger partial charge >= 0.3 is 6.09 Å². The zero-order chi connectivity index (χ0) is 17.6. The first-order valence-corrected chi connectivity index (χ1v) is 7.80. The van der Waals surface area contributed by atoms with Crippen molar-refractivity contribution in [3.63, 3.8) is 0 Å². The molecule has 0 aromatic carbocycles. The van der Waals surface area contributed by atoms with E-state index in [-0.39, 0.29) is 18.3 Å². The summed E-state index contributed by atoms with van der Waals surface area (Å²) in [6.07, 6.45) is 4.46. The van der Waals surface area contributed by atoms with E-state index in [1.807, 2.05) is 0 Å². The molecular formula is C14H21BN5O4. The van der Waals surface area contributed by atoms with Crippen LogP contribution in [0.1, 0.15) is 32.0 Å². The van der Waals surface area contributed by atoms with Crippen LogP contribution in [0.5, 0.6) is 0 Å². The van der Waals surface area contributed by atoms with Gasteiger partial charge in [-0.3, -0.25) is 4.79 Å². The van der Waals surface area contributed by atoms with Gasteiger partial charge in [-0.15, -0.1) is 20.4 Å². The third-order valence-corrected chi connectivity index (χ3v) is 3.35. The van der Waals surface area contributed by atoms with Gasteiger partial charge in [0.25, 0.3) is 0 Å². The smallest absolute Gasteiger partial charge is 0.407 e. The molecule has 0 spiro atoms. The van der Waals surface area contributed by atoms with Crippen molar-refractivity contribution < 1.29 is 19.1 Å². The minimum Gasteiger partial charge on any atom is -0.449 e. The highest BCUT2D eigenvalue weighted by Crippen LogP contribution is 2.13. The molecule has 1 radical (unpaired) electrons. The molecule has 24 heavy (non-hydrogen) atoms. The molecule has 0 aliphatic carbocycles. The second kappa shape index (κ2) is 12.1. The van der Waals surface area contributed by atoms with Gasteiger partial charge in [0.2, 0.25) is 0 Å². The molecular weight excluding hydrogens is 313 g/mol. The van der Waals surface area contributed by atoms with E-state index in [1.165, 1.54) is 20.5 Å². The number of ketones is 1. The number of rotatable bonds is 12. The standard InChI is InChI=1S/C14H21BN5O4/c1-11(22)12(8-15-9-21)4-2-3-6-16-14(23)24-7-5-13-19-17-10-18-20-13/h9-10,12H,2-8H2,1H3,(H,16,23). The highest BCUT2D eigenvalue weighted by molar-refractivity contribution is 6.66. The Labute approximate surface area is 141 Å². The Kier molecular flexibility index (Phi) is 9.90. The fourth-order valence-electron chi connectivity index (χ4n) is 2.03. The van der Waals surface area contributed by atoms with Gasteiger partial charge in [-0.1, -0.05) is 12.7 Å². The lowest BCUT2D eigenvalue weighted by molar-refractivity contribution is -0.120. The Hall–Kier alpha value is -2.39. The minimum atomic E-state index is -0.510. The molecule has 1 N–H and O–H groups in total. The van der Waals surface area contributed by atoms with Crippen LogP contribution in [0.3, 0.4) is 0 Å². The number of ether oxygens (including phenoxy) is 1. The molecule has 1 rings (SSSR count). The zero-order valence-corrected chi connectivity index (χ0v) is 13.7. The van der Waals surface area contributed by atoms with Crippen LogP contribution < -0.4 is 5.32 Å². The lowest BCUT2D eigenvalue weighted by Gasteiger charge is -2.12. The fourth-order valence-corrected chi connectivity index (χ4v) is 2.03. The first-order chi connectivity index (χ1) is 11.6. The number of amides is 1. The Balaban J connectivity index is 2.06. The van der Waals surface area contributed by atoms with Crippen LogP contribution in [0.4, 0.5) is 4.79 Å². The maximum Gasteiger partial charge on any atom is 0.407 e. The molecule has 1 heterocycles. The van der Waals surface area contributed by atoms with Crippen molar-refractivity contribution in [3.8, 4) is 0 Å². The quantitative estimate of drug-likeness (QED) is 0.327. The number of aromatic nitrogens is 4. The fraction of sp³-hybridized carbons (Fsp3) is 0.643. The SMILES string of the molecule is CC(=O)C(C[B]C=O)CCCCNC(=O)OCCc1nncnn1. The maximum atomic E-state index is 11.5. The summed E-state index contributed by atoms with van der Waals surface area (Å²) < 4.78 is 4.98. The molecule has 10 heteroatoms. The van der Waals surface area contributed by atoms with Crippen LogP contribution >= 0.6 is 0 Å². The molecule has 0 aliphatic heterocycles. The van der Waals surface area contributed by atoms with Crippen LogP contribution in [0, 0.1) is 5.92 Å². The van der Waals surface area contributed by atoms with E-state index in [1.54, 1.807) is 0 Å². The topological polar surface area (TPSA) is 124 Å². The highest BCUT2D eigenvalue weighted by atomic mass is 16.5. The van der Waals surface area contributed by atoms with Gasteiger partial charge in [0.1, 0.15) is 12.4 Å². The van der Waals surface area contributed by atoms with Crippen LogP contribution in [0.2, 0.25) is 6.32 Å². The van der Waals surface area contributed by atoms with Crippen molar-refractivity contribution in [3.05, 3.63) is 12.2 Å². The summed E-state index contributed by atoms with van der Waals surface area (Å²) >= 11 is 0. The molecule has 0 saturated carbocycles. The van der Waals surface area contributed by atoms with Crippen molar-refractivity contribution in [2.75, 3.05) is 13.2 Å². The Morgan fingerprint density at radius 2 is 2.08 bits per heavy atom. The number of hydrogen-bond donors (Lipinski definition) is 1. The van der Waals surface area contributed by atoms with Gasteiger partial charge in [0.05, 0.1) is 6.19 Å². The van der Waals surface area contributed by atoms with E-state index < -0.39 is 6.09 Å². The Morgan fingerprint density at radius 3 is 2.75 bits per heavy atom. The van der Waals surface area contributed by atoms with Crippen LogP contribution in [-0.2, 0) is 20.7 Å². The van der Waals surface area contributed by atoms with E-state index in [9.17, 15) is 14.4 Å². The number of nitrogens with zero attached hydrogens (tertiary/aromatic N) is 4. The van der Waals surface area contributed by atoms with Gasteiger partial charge in [-0.05, 0) is 19.8 Å². The molecule has 1 aromatic heterocycles. The molecule has 0 fully saturated rings. The predicted molar refractivity (Wildman–Crippen MR) is 86.0 cm³/mol. The summed E-state index contributed by atoms with van der Waals surface area (Å²) in [5, 5.41) is 17.2. The molecule has 0 aliphatic rings. The lowest BCUT2D eigenvalue weighted by atomic mass is 9.69. The summed E-state index contributed by atoms with van der Waals surface area (Å²) in [5.74, 6) is 0.357. The average molecular weight is 334 g/mol. The zero-order valence-electron chi connectivity index (χ0n) is 13.7. The van der Waals surface area contributed by atoms with E-state index in [2.05, 4.69) is 25.7 Å². The minimum absolute atomic E-state index is 0.0765. The van der Waals surface area contributed by atoms with Crippen molar-refractivity contribution in [2.45, 2.75) is 38.9 Å². The van der Waals surface area contributed by atoms with Gasteiger partial charge in [-0.2, -0.15) is 0 Å². The van der Waals surface area contributed by atoms with Crippen molar-refractivity contribution in [1.82, 2.24) is 25.7 Å². The number of hydrogen-bond acceptors (Lipinski definition) is 8. The first-order valence-electron chi connectivity index (χ1n) is 7.80. The number of unbranched alkanes of at least 4 members (excludes halogenated alkanes) is 1. The molecule has 0 bridgehead atoms. The molecule has 9 nitrogen and oxygen atoms in total. The Morgan fingerprint density at radius 1 is 1.33 bits per heavy atom. The predicted octanol–water partition coefficient (Wildman–Crippen LogP) is 0.224. The van der Waals surface area contributed by atoms with E-state index in [0.29, 0.717) is 37.7 Å². The van der Waals surface area contributed by atoms with E-state index in [4.69, 9.17) is 4.74 Å². The van der Waals surface area contributed by atoms with Crippen LogP contribution in [0.15, 0.2) is 6.33 Å². The number of carbonyl (C=O) groups excluding carboxylic acids is 3. The van der Waals surface area contributed by atoms with Crippen molar-refractivity contribution in [2.24, 2.45) is 5.92 Å². The van der Waals surface area contributed by atoms with Gasteiger partial charge < -0.3 is 14.8 Å². The summed E-state index contributed by atoms with van der Waals surface area (Å²) in [4.78, 5) is 33.2. The molecule has 1 aromatic rings. The lowest BCUT2D eigenvalue weighted by Crippen LogP contribution is -2.26. The van der Waals surface area contributed by atoms with Crippen molar-refractivity contribution >= 4 is 25.3 Å². The van der Waals surface area contributed by atoms with Crippen LogP contribution in [0.25, 0.3) is 0 Å². The van der Waals surface area contributed by atoms with Gasteiger partial charge in [-0.25, -0.2) is 4.79 Å². The average Bonchev–Trinajstić information content (AvgIpc) is 2.58. The van der Waals surface area contributed by atoms with E-state index in [0.717, 1.165) is 12.8 Å². The largest absolute Gasteiger partial charge is 0.449 e.